The highest BCUT2D eigenvalue weighted by Gasteiger charge is 2.33. The molecule has 0 unspecified atom stereocenters. The smallest absolute Gasteiger partial charge is 0.385 e. The van der Waals surface area contributed by atoms with E-state index in [4.69, 9.17) is 9.73 Å². The van der Waals surface area contributed by atoms with Gasteiger partial charge in [0.2, 0.25) is 0 Å². The molecule has 0 spiro atoms. The molecule has 0 aliphatic carbocycles. The maximum absolute atomic E-state index is 13.4. The van der Waals surface area contributed by atoms with Crippen LogP contribution in [0.15, 0.2) is 47.5 Å². The molecule has 2 heterocycles. The van der Waals surface area contributed by atoms with E-state index in [1.54, 1.807) is 7.11 Å². The van der Waals surface area contributed by atoms with Gasteiger partial charge in [0.1, 0.15) is 5.84 Å². The second-order valence-corrected chi connectivity index (χ2v) is 7.21. The third-order valence-electron chi connectivity index (χ3n) is 5.21. The van der Waals surface area contributed by atoms with Crippen molar-refractivity contribution in [3.8, 4) is 0 Å². The minimum Gasteiger partial charge on any atom is -0.385 e. The molecule has 4 rings (SSSR count). The third-order valence-corrected chi connectivity index (χ3v) is 5.21. The second kappa shape index (κ2) is 8.04. The molecule has 0 radical (unpaired) electrons. The van der Waals surface area contributed by atoms with Crippen molar-refractivity contribution < 1.29 is 17.9 Å². The molecular weight excluding hydrogens is 381 g/mol. The van der Waals surface area contributed by atoms with Crippen LogP contribution in [0, 0.1) is 0 Å². The monoisotopic (exact) mass is 404 g/mol. The van der Waals surface area contributed by atoms with Gasteiger partial charge in [0.15, 0.2) is 0 Å². The van der Waals surface area contributed by atoms with Gasteiger partial charge in [-0.2, -0.15) is 13.2 Å². The van der Waals surface area contributed by atoms with Crippen molar-refractivity contribution in [2.45, 2.75) is 18.6 Å². The molecule has 0 bridgehead atoms. The summed E-state index contributed by atoms with van der Waals surface area (Å²) in [5, 5.41) is 6.70. The number of piperazine rings is 1. The lowest BCUT2D eigenvalue weighted by Gasteiger charge is -2.36. The van der Waals surface area contributed by atoms with Crippen molar-refractivity contribution >= 4 is 22.9 Å². The van der Waals surface area contributed by atoms with Gasteiger partial charge < -0.3 is 20.3 Å². The molecule has 8 heteroatoms. The molecule has 5 nitrogen and oxygen atoms in total. The van der Waals surface area contributed by atoms with Gasteiger partial charge in [-0.3, -0.25) is 0 Å². The summed E-state index contributed by atoms with van der Waals surface area (Å²) in [5.74, 6) is 0.562. The standard InChI is InChI=1S/C21H23F3N4O/c1-29-11-8-15-13-28(10-9-25-15)20-16-12-14(21(22,23)24)6-7-17(16)26-18-4-2-3-5-19(18)27-20/h2-7,12,15,25-26H,8-11,13H2,1H3/t15-/m0/s1. The number of hydrogen-bond acceptors (Lipinski definition) is 5. The lowest BCUT2D eigenvalue weighted by atomic mass is 10.0. The molecule has 2 aliphatic heterocycles. The molecule has 29 heavy (non-hydrogen) atoms. The lowest BCUT2D eigenvalue weighted by molar-refractivity contribution is -0.137. The van der Waals surface area contributed by atoms with E-state index in [1.165, 1.54) is 12.1 Å². The van der Waals surface area contributed by atoms with Gasteiger partial charge in [0.25, 0.3) is 0 Å². The van der Waals surface area contributed by atoms with Crippen molar-refractivity contribution in [3.05, 3.63) is 53.6 Å². The molecule has 1 saturated heterocycles. The Morgan fingerprint density at radius 1 is 1.17 bits per heavy atom. The summed E-state index contributed by atoms with van der Waals surface area (Å²) in [6.07, 6.45) is -3.59. The Labute approximate surface area is 167 Å². The third kappa shape index (κ3) is 4.23. The first-order valence-corrected chi connectivity index (χ1v) is 9.59. The number of rotatable bonds is 3. The Morgan fingerprint density at radius 3 is 2.79 bits per heavy atom. The number of nitrogens with zero attached hydrogens (tertiary/aromatic N) is 2. The SMILES string of the molecule is COCC[C@H]1CN(C2=Nc3ccccc3Nc3ccc(C(F)(F)F)cc32)CCN1. The van der Waals surface area contributed by atoms with Crippen LogP contribution in [-0.4, -0.2) is 50.1 Å². The Kier molecular flexibility index (Phi) is 5.47. The van der Waals surface area contributed by atoms with Crippen LogP contribution in [0.5, 0.6) is 0 Å². The van der Waals surface area contributed by atoms with Gasteiger partial charge in [0, 0.05) is 50.6 Å². The van der Waals surface area contributed by atoms with Crippen LogP contribution < -0.4 is 10.6 Å². The number of aliphatic imine (C=N–C) groups is 1. The van der Waals surface area contributed by atoms with Gasteiger partial charge in [-0.05, 0) is 36.8 Å². The van der Waals surface area contributed by atoms with Crippen LogP contribution in [0.1, 0.15) is 17.5 Å². The first-order chi connectivity index (χ1) is 14.0. The van der Waals surface area contributed by atoms with Crippen LogP contribution in [0.4, 0.5) is 30.2 Å². The first kappa shape index (κ1) is 19.7. The number of halogens is 3. The summed E-state index contributed by atoms with van der Waals surface area (Å²) < 4.78 is 45.4. The largest absolute Gasteiger partial charge is 0.416 e. The highest BCUT2D eigenvalue weighted by atomic mass is 19.4. The number of ether oxygens (including phenoxy) is 1. The molecule has 154 valence electrons. The van der Waals surface area contributed by atoms with Gasteiger partial charge in [-0.1, -0.05) is 12.1 Å². The molecule has 2 aromatic rings. The van der Waals surface area contributed by atoms with Crippen LogP contribution in [0.25, 0.3) is 0 Å². The van der Waals surface area contributed by atoms with Crippen LogP contribution in [0.2, 0.25) is 0 Å². The van der Waals surface area contributed by atoms with E-state index < -0.39 is 11.7 Å². The maximum atomic E-state index is 13.4. The van der Waals surface area contributed by atoms with Crippen molar-refractivity contribution in [2.24, 2.45) is 4.99 Å². The number of para-hydroxylation sites is 2. The van der Waals surface area contributed by atoms with E-state index in [9.17, 15) is 13.2 Å². The molecule has 0 aromatic heterocycles. The Hall–Kier alpha value is -2.58. The molecular formula is C21H23F3N4O. The molecule has 2 aliphatic rings. The number of alkyl halides is 3. The zero-order valence-electron chi connectivity index (χ0n) is 16.1. The minimum atomic E-state index is -4.41. The number of methoxy groups -OCH3 is 1. The molecule has 0 amide bonds. The van der Waals surface area contributed by atoms with Crippen molar-refractivity contribution in [1.82, 2.24) is 10.2 Å². The van der Waals surface area contributed by atoms with E-state index in [-0.39, 0.29) is 6.04 Å². The van der Waals surface area contributed by atoms with E-state index >= 15 is 0 Å². The summed E-state index contributed by atoms with van der Waals surface area (Å²) in [6.45, 7) is 2.67. The van der Waals surface area contributed by atoms with Crippen molar-refractivity contribution in [1.29, 1.82) is 0 Å². The Morgan fingerprint density at radius 2 is 2.00 bits per heavy atom. The van der Waals surface area contributed by atoms with E-state index in [0.717, 1.165) is 24.7 Å². The Balaban J connectivity index is 1.77. The second-order valence-electron chi connectivity index (χ2n) is 7.21. The average molecular weight is 404 g/mol. The fourth-order valence-electron chi connectivity index (χ4n) is 3.72. The fourth-order valence-corrected chi connectivity index (χ4v) is 3.72. The number of hydrogen-bond donors (Lipinski definition) is 2. The van der Waals surface area contributed by atoms with E-state index in [0.29, 0.717) is 42.5 Å². The highest BCUT2D eigenvalue weighted by Crippen LogP contribution is 2.38. The molecule has 1 atom stereocenters. The van der Waals surface area contributed by atoms with Gasteiger partial charge >= 0.3 is 6.18 Å². The molecule has 2 aromatic carbocycles. The van der Waals surface area contributed by atoms with E-state index in [2.05, 4.69) is 15.5 Å². The van der Waals surface area contributed by atoms with Gasteiger partial charge in [-0.25, -0.2) is 4.99 Å². The minimum absolute atomic E-state index is 0.187. The predicted molar refractivity (Wildman–Crippen MR) is 107 cm³/mol. The molecule has 0 saturated carbocycles. The number of fused-ring (bicyclic) bond motifs is 2. The van der Waals surface area contributed by atoms with Crippen LogP contribution in [-0.2, 0) is 10.9 Å². The maximum Gasteiger partial charge on any atom is 0.416 e. The van der Waals surface area contributed by atoms with Gasteiger partial charge in [0.05, 0.1) is 16.9 Å². The summed E-state index contributed by atoms with van der Waals surface area (Å²) in [4.78, 5) is 6.86. The predicted octanol–water partition coefficient (Wildman–Crippen LogP) is 4.15. The molecule has 2 N–H and O–H groups in total. The molecule has 1 fully saturated rings. The summed E-state index contributed by atoms with van der Waals surface area (Å²) in [5.41, 5.74) is 1.88. The summed E-state index contributed by atoms with van der Waals surface area (Å²) >= 11 is 0. The van der Waals surface area contributed by atoms with Crippen molar-refractivity contribution in [3.63, 3.8) is 0 Å². The van der Waals surface area contributed by atoms with Crippen LogP contribution >= 0.6 is 0 Å². The highest BCUT2D eigenvalue weighted by molar-refractivity contribution is 6.08. The summed E-state index contributed by atoms with van der Waals surface area (Å²) in [6, 6.07) is 11.5. The summed E-state index contributed by atoms with van der Waals surface area (Å²) in [7, 11) is 1.66. The number of amidine groups is 1. The number of anilines is 2. The average Bonchev–Trinajstić information content (AvgIpc) is 2.88. The quantitative estimate of drug-likeness (QED) is 0.807. The fraction of sp³-hybridized carbons (Fsp3) is 0.381. The topological polar surface area (TPSA) is 48.9 Å². The van der Waals surface area contributed by atoms with Crippen molar-refractivity contribution in [2.75, 3.05) is 38.7 Å². The number of nitrogens with one attached hydrogen (secondary N) is 2. The van der Waals surface area contributed by atoms with E-state index in [1.807, 2.05) is 24.3 Å². The number of benzene rings is 2. The normalized spacial score (nSPS) is 19.0. The zero-order valence-corrected chi connectivity index (χ0v) is 16.1. The lowest BCUT2D eigenvalue weighted by Crippen LogP contribution is -2.53. The zero-order chi connectivity index (χ0) is 20.4. The Bertz CT molecular complexity index is 913. The van der Waals surface area contributed by atoms with Crippen LogP contribution in [0.3, 0.4) is 0 Å². The van der Waals surface area contributed by atoms with Gasteiger partial charge in [-0.15, -0.1) is 0 Å². The first-order valence-electron chi connectivity index (χ1n) is 9.59.